The molecule has 0 bridgehead atoms. The number of benzene rings is 1. The number of halogens is 4. The van der Waals surface area contributed by atoms with Crippen LogP contribution in [-0.4, -0.2) is 16.3 Å². The molecule has 1 aromatic carbocycles. The molecule has 0 radical (unpaired) electrons. The van der Waals surface area contributed by atoms with Gasteiger partial charge in [-0.05, 0) is 42.8 Å². The van der Waals surface area contributed by atoms with Crippen LogP contribution in [0.3, 0.4) is 0 Å². The summed E-state index contributed by atoms with van der Waals surface area (Å²) >= 11 is 3.38. The number of hydrogen-bond acceptors (Lipinski definition) is 2. The van der Waals surface area contributed by atoms with Gasteiger partial charge in [0.1, 0.15) is 0 Å². The molecule has 114 valence electrons. The fraction of sp³-hybridized carbons (Fsp3) is 0.357. The molecule has 1 heterocycles. The predicted molar refractivity (Wildman–Crippen MR) is 78.3 cm³/mol. The van der Waals surface area contributed by atoms with Gasteiger partial charge >= 0.3 is 6.18 Å². The number of rotatable bonds is 5. The molecule has 0 fully saturated rings. The minimum Gasteiger partial charge on any atom is -0.313 e. The van der Waals surface area contributed by atoms with Crippen LogP contribution in [0.5, 0.6) is 0 Å². The largest absolute Gasteiger partial charge is 0.435 e. The minimum atomic E-state index is -4.43. The Morgan fingerprint density at radius 3 is 2.67 bits per heavy atom. The van der Waals surface area contributed by atoms with Crippen LogP contribution in [-0.2, 0) is 12.7 Å². The van der Waals surface area contributed by atoms with Crippen molar-refractivity contribution in [2.75, 3.05) is 6.54 Å². The van der Waals surface area contributed by atoms with E-state index in [-0.39, 0.29) is 0 Å². The number of alkyl halides is 3. The summed E-state index contributed by atoms with van der Waals surface area (Å²) in [6.45, 7) is 3.47. The van der Waals surface area contributed by atoms with E-state index in [0.29, 0.717) is 12.2 Å². The molecule has 0 amide bonds. The van der Waals surface area contributed by atoms with Crippen molar-refractivity contribution >= 4 is 15.9 Å². The average Bonchev–Trinajstić information content (AvgIpc) is 2.88. The lowest BCUT2D eigenvalue weighted by molar-refractivity contribution is -0.141. The topological polar surface area (TPSA) is 29.9 Å². The Hall–Kier alpha value is -1.34. The molecular formula is C14H15BrF3N3. The second-order valence-corrected chi connectivity index (χ2v) is 5.51. The van der Waals surface area contributed by atoms with E-state index in [1.165, 1.54) is 10.9 Å². The first-order chi connectivity index (χ1) is 9.91. The average molecular weight is 362 g/mol. The summed E-state index contributed by atoms with van der Waals surface area (Å²) in [5.74, 6) is 0. The van der Waals surface area contributed by atoms with Gasteiger partial charge in [-0.25, -0.2) is 4.68 Å². The Labute approximate surface area is 129 Å². The Balaban J connectivity index is 2.32. The molecule has 0 aliphatic carbocycles. The summed E-state index contributed by atoms with van der Waals surface area (Å²) < 4.78 is 40.0. The maximum atomic E-state index is 12.6. The molecule has 1 N–H and O–H groups in total. The summed E-state index contributed by atoms with van der Waals surface area (Å²) in [6, 6.07) is 6.39. The molecule has 0 aliphatic rings. The Bertz CT molecular complexity index is 608. The molecule has 7 heteroatoms. The van der Waals surface area contributed by atoms with Gasteiger partial charge in [-0.1, -0.05) is 22.9 Å². The SMILES string of the molecule is CCCNCc1cc(Br)ccc1-n1ccc(C(F)(F)F)n1. The summed E-state index contributed by atoms with van der Waals surface area (Å²) in [7, 11) is 0. The molecule has 1 aromatic heterocycles. The van der Waals surface area contributed by atoms with Crippen molar-refractivity contribution in [3.05, 3.63) is 46.2 Å². The molecular weight excluding hydrogens is 347 g/mol. The lowest BCUT2D eigenvalue weighted by Crippen LogP contribution is -2.16. The first-order valence-electron chi connectivity index (χ1n) is 6.54. The third-order valence-electron chi connectivity index (χ3n) is 2.91. The van der Waals surface area contributed by atoms with Gasteiger partial charge in [0.25, 0.3) is 0 Å². The summed E-state index contributed by atoms with van der Waals surface area (Å²) in [4.78, 5) is 0. The molecule has 21 heavy (non-hydrogen) atoms. The van der Waals surface area contributed by atoms with Crippen molar-refractivity contribution in [1.29, 1.82) is 0 Å². The third-order valence-corrected chi connectivity index (χ3v) is 3.40. The lowest BCUT2D eigenvalue weighted by Gasteiger charge is -2.11. The highest BCUT2D eigenvalue weighted by molar-refractivity contribution is 9.10. The normalized spacial score (nSPS) is 11.9. The molecule has 2 rings (SSSR count). The van der Waals surface area contributed by atoms with Gasteiger partial charge in [-0.15, -0.1) is 0 Å². The van der Waals surface area contributed by atoms with Gasteiger partial charge < -0.3 is 5.32 Å². The maximum absolute atomic E-state index is 12.6. The molecule has 0 spiro atoms. The second-order valence-electron chi connectivity index (χ2n) is 4.59. The zero-order valence-corrected chi connectivity index (χ0v) is 13.0. The summed E-state index contributed by atoms with van der Waals surface area (Å²) in [5, 5.41) is 6.86. The van der Waals surface area contributed by atoms with Crippen molar-refractivity contribution in [2.45, 2.75) is 26.1 Å². The van der Waals surface area contributed by atoms with E-state index in [1.54, 1.807) is 12.1 Å². The predicted octanol–water partition coefficient (Wildman–Crippen LogP) is 4.15. The second kappa shape index (κ2) is 6.62. The molecule has 0 atom stereocenters. The standard InChI is InChI=1S/C14H15BrF3N3/c1-2-6-19-9-10-8-11(15)3-4-12(10)21-7-5-13(20-21)14(16,17)18/h3-5,7-8,19H,2,6,9H2,1H3. The number of hydrogen-bond donors (Lipinski definition) is 1. The molecule has 0 saturated carbocycles. The Morgan fingerprint density at radius 1 is 1.29 bits per heavy atom. The smallest absolute Gasteiger partial charge is 0.313 e. The van der Waals surface area contributed by atoms with E-state index in [0.717, 1.165) is 29.1 Å². The van der Waals surface area contributed by atoms with Gasteiger partial charge in [0.2, 0.25) is 0 Å². The van der Waals surface area contributed by atoms with Crippen LogP contribution in [0.4, 0.5) is 13.2 Å². The van der Waals surface area contributed by atoms with E-state index < -0.39 is 11.9 Å². The fourth-order valence-corrected chi connectivity index (χ4v) is 2.34. The zero-order chi connectivity index (χ0) is 15.5. The molecule has 3 nitrogen and oxygen atoms in total. The maximum Gasteiger partial charge on any atom is 0.435 e. The van der Waals surface area contributed by atoms with E-state index in [2.05, 4.69) is 33.3 Å². The van der Waals surface area contributed by atoms with Gasteiger partial charge in [0.15, 0.2) is 5.69 Å². The molecule has 0 aliphatic heterocycles. The molecule has 2 aromatic rings. The number of nitrogens with one attached hydrogen (secondary N) is 1. The zero-order valence-electron chi connectivity index (χ0n) is 11.4. The van der Waals surface area contributed by atoms with E-state index >= 15 is 0 Å². The van der Waals surface area contributed by atoms with E-state index in [1.807, 2.05) is 6.07 Å². The molecule has 0 saturated heterocycles. The van der Waals surface area contributed by atoms with Crippen LogP contribution in [0.1, 0.15) is 24.6 Å². The Kier molecular flexibility index (Phi) is 5.05. The molecule has 0 unspecified atom stereocenters. The van der Waals surface area contributed by atoms with Crippen LogP contribution in [0.25, 0.3) is 5.69 Å². The van der Waals surface area contributed by atoms with Crippen LogP contribution < -0.4 is 5.32 Å². The van der Waals surface area contributed by atoms with Crippen LogP contribution >= 0.6 is 15.9 Å². The van der Waals surface area contributed by atoms with Gasteiger partial charge in [0.05, 0.1) is 5.69 Å². The lowest BCUT2D eigenvalue weighted by atomic mass is 10.2. The number of aromatic nitrogens is 2. The van der Waals surface area contributed by atoms with E-state index in [9.17, 15) is 13.2 Å². The van der Waals surface area contributed by atoms with Gasteiger partial charge in [0, 0.05) is 17.2 Å². The minimum absolute atomic E-state index is 0.573. The summed E-state index contributed by atoms with van der Waals surface area (Å²) in [6.07, 6.45) is -2.11. The first kappa shape index (κ1) is 16.0. The van der Waals surface area contributed by atoms with Crippen molar-refractivity contribution in [2.24, 2.45) is 0 Å². The Morgan fingerprint density at radius 2 is 2.05 bits per heavy atom. The van der Waals surface area contributed by atoms with Crippen molar-refractivity contribution in [3.63, 3.8) is 0 Å². The van der Waals surface area contributed by atoms with Crippen LogP contribution in [0, 0.1) is 0 Å². The highest BCUT2D eigenvalue weighted by Gasteiger charge is 2.33. The monoisotopic (exact) mass is 361 g/mol. The fourth-order valence-electron chi connectivity index (χ4n) is 1.93. The highest BCUT2D eigenvalue weighted by atomic mass is 79.9. The highest BCUT2D eigenvalue weighted by Crippen LogP contribution is 2.28. The van der Waals surface area contributed by atoms with Crippen molar-refractivity contribution in [1.82, 2.24) is 15.1 Å². The van der Waals surface area contributed by atoms with Crippen LogP contribution in [0.2, 0.25) is 0 Å². The quantitative estimate of drug-likeness (QED) is 0.810. The number of nitrogens with zero attached hydrogens (tertiary/aromatic N) is 2. The summed E-state index contributed by atoms with van der Waals surface area (Å²) in [5.41, 5.74) is 0.629. The third kappa shape index (κ3) is 4.07. The van der Waals surface area contributed by atoms with Crippen molar-refractivity contribution < 1.29 is 13.2 Å². The van der Waals surface area contributed by atoms with Gasteiger partial charge in [-0.2, -0.15) is 18.3 Å². The first-order valence-corrected chi connectivity index (χ1v) is 7.33. The van der Waals surface area contributed by atoms with Crippen molar-refractivity contribution in [3.8, 4) is 5.69 Å². The van der Waals surface area contributed by atoms with Crippen LogP contribution in [0.15, 0.2) is 34.9 Å². The van der Waals surface area contributed by atoms with Gasteiger partial charge in [-0.3, -0.25) is 0 Å². The van der Waals surface area contributed by atoms with E-state index in [4.69, 9.17) is 0 Å².